The van der Waals surface area contributed by atoms with Gasteiger partial charge < -0.3 is 4.74 Å². The molecule has 1 unspecified atom stereocenters. The summed E-state index contributed by atoms with van der Waals surface area (Å²) in [6.07, 6.45) is 2.99. The Balaban J connectivity index is 2.64. The molecule has 10 heavy (non-hydrogen) atoms. The fourth-order valence-electron chi connectivity index (χ4n) is 0.836. The number of hydrogen-bond acceptors (Lipinski definition) is 3. The van der Waals surface area contributed by atoms with Crippen LogP contribution in [0.3, 0.4) is 0 Å². The molecule has 0 amide bonds. The summed E-state index contributed by atoms with van der Waals surface area (Å²) in [7, 11) is 1.72. The fourth-order valence-corrected chi connectivity index (χ4v) is 1.63. The lowest BCUT2D eigenvalue weighted by atomic mass is 10.3. The van der Waals surface area contributed by atoms with Crippen molar-refractivity contribution in [2.24, 2.45) is 0 Å². The first-order valence-electron chi connectivity index (χ1n) is 3.30. The molecule has 0 saturated heterocycles. The zero-order chi connectivity index (χ0) is 7.40. The third-order valence-electron chi connectivity index (χ3n) is 1.38. The largest absolute Gasteiger partial charge is 0.374 e. The van der Waals surface area contributed by atoms with Crippen LogP contribution in [-0.2, 0) is 4.74 Å². The van der Waals surface area contributed by atoms with Crippen LogP contribution in [0.2, 0.25) is 0 Å². The second kappa shape index (κ2) is 3.68. The van der Waals surface area contributed by atoms with Gasteiger partial charge in [0.15, 0.2) is 0 Å². The molecule has 0 saturated carbocycles. The highest BCUT2D eigenvalue weighted by Crippen LogP contribution is 2.21. The van der Waals surface area contributed by atoms with Gasteiger partial charge in [0.05, 0.1) is 0 Å². The second-order valence-corrected chi connectivity index (χ2v) is 2.93. The van der Waals surface area contributed by atoms with Crippen molar-refractivity contribution in [1.29, 1.82) is 0 Å². The molecule has 0 N–H and O–H groups in total. The molecule has 1 aromatic rings. The number of hydrogen-bond donors (Lipinski definition) is 0. The Morgan fingerprint density at radius 3 is 3.00 bits per heavy atom. The van der Waals surface area contributed by atoms with Crippen molar-refractivity contribution in [2.45, 2.75) is 19.4 Å². The summed E-state index contributed by atoms with van der Waals surface area (Å²) in [4.78, 5) is 4.15. The topological polar surface area (TPSA) is 22.1 Å². The van der Waals surface area contributed by atoms with Crippen LogP contribution in [0, 0.1) is 0 Å². The van der Waals surface area contributed by atoms with E-state index in [1.165, 1.54) is 0 Å². The minimum absolute atomic E-state index is 0.194. The normalized spacial score (nSPS) is 13.4. The molecular weight excluding hydrogens is 146 g/mol. The second-order valence-electron chi connectivity index (χ2n) is 2.00. The van der Waals surface area contributed by atoms with E-state index in [1.807, 2.05) is 11.6 Å². The van der Waals surface area contributed by atoms with Crippen molar-refractivity contribution in [3.05, 3.63) is 16.6 Å². The molecule has 0 aliphatic rings. The monoisotopic (exact) mass is 157 g/mol. The zero-order valence-corrected chi connectivity index (χ0v) is 7.02. The molecule has 0 aliphatic carbocycles. The highest BCUT2D eigenvalue weighted by Gasteiger charge is 2.08. The van der Waals surface area contributed by atoms with Gasteiger partial charge in [-0.1, -0.05) is 6.92 Å². The lowest BCUT2D eigenvalue weighted by Gasteiger charge is -2.07. The van der Waals surface area contributed by atoms with E-state index in [0.717, 1.165) is 11.4 Å². The number of thiazole rings is 1. The predicted octanol–water partition coefficient (Wildman–Crippen LogP) is 2.24. The molecule has 1 rings (SSSR count). The molecular formula is C7H11NOS. The van der Waals surface area contributed by atoms with E-state index < -0.39 is 0 Å². The summed E-state index contributed by atoms with van der Waals surface area (Å²) in [6, 6.07) is 0. The summed E-state index contributed by atoms with van der Waals surface area (Å²) in [5, 5.41) is 3.04. The Morgan fingerprint density at radius 1 is 1.80 bits per heavy atom. The Morgan fingerprint density at radius 2 is 2.60 bits per heavy atom. The van der Waals surface area contributed by atoms with Crippen LogP contribution in [0.1, 0.15) is 24.5 Å². The van der Waals surface area contributed by atoms with Gasteiger partial charge >= 0.3 is 0 Å². The van der Waals surface area contributed by atoms with Gasteiger partial charge in [0.25, 0.3) is 0 Å². The van der Waals surface area contributed by atoms with E-state index in [2.05, 4.69) is 11.9 Å². The first-order valence-corrected chi connectivity index (χ1v) is 4.18. The predicted molar refractivity (Wildman–Crippen MR) is 42.2 cm³/mol. The highest BCUT2D eigenvalue weighted by atomic mass is 32.1. The average Bonchev–Trinajstić information content (AvgIpc) is 2.43. The van der Waals surface area contributed by atoms with E-state index in [9.17, 15) is 0 Å². The molecule has 2 nitrogen and oxygen atoms in total. The molecule has 3 heteroatoms. The van der Waals surface area contributed by atoms with Crippen LogP contribution in [0.5, 0.6) is 0 Å². The van der Waals surface area contributed by atoms with Gasteiger partial charge in [0.1, 0.15) is 11.1 Å². The van der Waals surface area contributed by atoms with Crippen LogP contribution in [0.15, 0.2) is 11.6 Å². The maximum Gasteiger partial charge on any atom is 0.121 e. The average molecular weight is 157 g/mol. The maximum absolute atomic E-state index is 5.19. The maximum atomic E-state index is 5.19. The molecule has 0 bridgehead atoms. The Kier molecular flexibility index (Phi) is 2.83. The van der Waals surface area contributed by atoms with Crippen molar-refractivity contribution in [3.63, 3.8) is 0 Å². The molecule has 56 valence electrons. The third-order valence-corrected chi connectivity index (χ3v) is 2.25. The lowest BCUT2D eigenvalue weighted by Crippen LogP contribution is -1.97. The molecule has 0 aromatic carbocycles. The SMILES string of the molecule is CCC(OC)c1nccs1. The fraction of sp³-hybridized carbons (Fsp3) is 0.571. The van der Waals surface area contributed by atoms with Crippen molar-refractivity contribution in [2.75, 3.05) is 7.11 Å². The van der Waals surface area contributed by atoms with Crippen molar-refractivity contribution >= 4 is 11.3 Å². The number of ether oxygens (including phenoxy) is 1. The first kappa shape index (κ1) is 7.69. The van der Waals surface area contributed by atoms with Crippen LogP contribution >= 0.6 is 11.3 Å². The summed E-state index contributed by atoms with van der Waals surface area (Å²) in [5.41, 5.74) is 0. The third kappa shape index (κ3) is 1.55. The molecule has 1 heterocycles. The molecule has 1 aromatic heterocycles. The van der Waals surface area contributed by atoms with E-state index in [4.69, 9.17) is 4.74 Å². The van der Waals surface area contributed by atoms with Crippen molar-refractivity contribution in [3.8, 4) is 0 Å². The van der Waals surface area contributed by atoms with Gasteiger partial charge in [-0.25, -0.2) is 4.98 Å². The number of rotatable bonds is 3. The minimum Gasteiger partial charge on any atom is -0.374 e. The van der Waals surface area contributed by atoms with Crippen LogP contribution in [0.4, 0.5) is 0 Å². The minimum atomic E-state index is 0.194. The van der Waals surface area contributed by atoms with Crippen molar-refractivity contribution in [1.82, 2.24) is 4.98 Å². The van der Waals surface area contributed by atoms with Gasteiger partial charge in [0.2, 0.25) is 0 Å². The van der Waals surface area contributed by atoms with Gasteiger partial charge in [-0.05, 0) is 6.42 Å². The van der Waals surface area contributed by atoms with Crippen LogP contribution < -0.4 is 0 Å². The summed E-state index contributed by atoms with van der Waals surface area (Å²) in [5.74, 6) is 0. The summed E-state index contributed by atoms with van der Waals surface area (Å²) in [6.45, 7) is 2.09. The van der Waals surface area contributed by atoms with Gasteiger partial charge in [-0.3, -0.25) is 0 Å². The number of aromatic nitrogens is 1. The molecule has 0 aliphatic heterocycles. The smallest absolute Gasteiger partial charge is 0.121 e. The summed E-state index contributed by atoms with van der Waals surface area (Å²) >= 11 is 1.64. The Bertz CT molecular complexity index is 170. The van der Waals surface area contributed by atoms with Crippen LogP contribution in [0.25, 0.3) is 0 Å². The number of methoxy groups -OCH3 is 1. The molecule has 0 radical (unpaired) electrons. The van der Waals surface area contributed by atoms with Crippen LogP contribution in [-0.4, -0.2) is 12.1 Å². The van der Waals surface area contributed by atoms with Gasteiger partial charge in [-0.2, -0.15) is 0 Å². The van der Waals surface area contributed by atoms with E-state index >= 15 is 0 Å². The van der Waals surface area contributed by atoms with E-state index in [1.54, 1.807) is 18.4 Å². The molecule has 1 atom stereocenters. The molecule has 0 spiro atoms. The van der Waals surface area contributed by atoms with E-state index in [-0.39, 0.29) is 6.10 Å². The Hall–Kier alpha value is -0.410. The molecule has 0 fully saturated rings. The highest BCUT2D eigenvalue weighted by molar-refractivity contribution is 7.09. The summed E-state index contributed by atoms with van der Waals surface area (Å²) < 4.78 is 5.19. The quantitative estimate of drug-likeness (QED) is 0.671. The van der Waals surface area contributed by atoms with E-state index in [0.29, 0.717) is 0 Å². The van der Waals surface area contributed by atoms with Gasteiger partial charge in [-0.15, -0.1) is 11.3 Å². The first-order chi connectivity index (χ1) is 4.88. The lowest BCUT2D eigenvalue weighted by molar-refractivity contribution is 0.0998. The van der Waals surface area contributed by atoms with Crippen molar-refractivity contribution < 1.29 is 4.74 Å². The standard InChI is InChI=1S/C7H11NOS/c1-3-6(9-2)7-8-4-5-10-7/h4-6H,3H2,1-2H3. The number of nitrogens with zero attached hydrogens (tertiary/aromatic N) is 1. The van der Waals surface area contributed by atoms with Gasteiger partial charge in [0, 0.05) is 18.7 Å². The Labute approximate surface area is 64.9 Å². The zero-order valence-electron chi connectivity index (χ0n) is 6.20.